The van der Waals surface area contributed by atoms with E-state index in [9.17, 15) is 29.1 Å². The van der Waals surface area contributed by atoms with Gasteiger partial charge in [-0.05, 0) is 93.2 Å². The van der Waals surface area contributed by atoms with Crippen LogP contribution in [-0.4, -0.2) is 23.4 Å². The van der Waals surface area contributed by atoms with Crippen LogP contribution in [0.3, 0.4) is 0 Å². The van der Waals surface area contributed by atoms with Gasteiger partial charge in [-0.25, -0.2) is 0 Å². The Labute approximate surface area is 293 Å². The molecule has 13 heteroatoms. The fraction of sp³-hybridized carbons (Fsp3) is 0.647. The minimum atomic E-state index is -4.29. The molecular weight excluding hydrogens is 685 g/mol. The molecule has 2 aromatic carbocycles. The number of hydrogen-bond acceptors (Lipinski definition) is 10. The molecule has 0 saturated heterocycles. The molecule has 0 aliphatic rings. The van der Waals surface area contributed by atoms with Gasteiger partial charge in [-0.15, -0.1) is 0 Å². The molecule has 269 valence electrons. The summed E-state index contributed by atoms with van der Waals surface area (Å²) in [5.74, 6) is 0.507. The van der Waals surface area contributed by atoms with Crippen LogP contribution in [-0.2, 0) is 79.2 Å². The van der Waals surface area contributed by atoms with Gasteiger partial charge in [-0.3, -0.25) is 9.13 Å². The molecule has 0 heterocycles. The molecule has 0 aliphatic carbocycles. The third kappa shape index (κ3) is 14.7. The molecule has 2 atom stereocenters. The van der Waals surface area contributed by atoms with E-state index in [0.717, 1.165) is 22.3 Å². The Kier molecular flexibility index (Phi) is 16.7. The van der Waals surface area contributed by atoms with Crippen LogP contribution in [0.1, 0.15) is 130 Å². The molecule has 47 heavy (non-hydrogen) atoms. The number of aromatic hydroxyl groups is 2. The minimum absolute atomic E-state index is 0. The Morgan fingerprint density at radius 1 is 0.532 bits per heavy atom. The maximum Gasteiger partial charge on any atom is 2.00 e. The van der Waals surface area contributed by atoms with Crippen molar-refractivity contribution in [1.82, 2.24) is 0 Å². The van der Waals surface area contributed by atoms with E-state index in [1.807, 2.05) is 83.1 Å². The summed E-state index contributed by atoms with van der Waals surface area (Å²) in [6.45, 7) is 27.0. The maximum absolute atomic E-state index is 11.6. The first kappa shape index (κ1) is 45.8. The summed E-state index contributed by atoms with van der Waals surface area (Å²) >= 11 is 0. The van der Waals surface area contributed by atoms with E-state index in [-0.39, 0.29) is 76.7 Å². The van der Waals surface area contributed by atoms with Crippen LogP contribution in [0.4, 0.5) is 0 Å². The average molecular weight is 742 g/mol. The van der Waals surface area contributed by atoms with Crippen LogP contribution in [0.15, 0.2) is 24.3 Å². The zero-order valence-corrected chi connectivity index (χ0v) is 33.5. The second-order valence-electron chi connectivity index (χ2n) is 15.4. The van der Waals surface area contributed by atoms with Gasteiger partial charge in [0.25, 0.3) is 15.6 Å². The largest absolute Gasteiger partial charge is 2.00 e. The van der Waals surface area contributed by atoms with E-state index >= 15 is 0 Å². The van der Waals surface area contributed by atoms with Gasteiger partial charge in [0.05, 0.1) is 26.4 Å². The van der Waals surface area contributed by atoms with Crippen molar-refractivity contribution in [2.24, 2.45) is 0 Å². The summed E-state index contributed by atoms with van der Waals surface area (Å²) < 4.78 is 42.2. The third-order valence-corrected chi connectivity index (χ3v) is 8.96. The summed E-state index contributed by atoms with van der Waals surface area (Å²) in [7, 11) is -8.59. The molecule has 2 unspecified atom stereocenters. The molecule has 0 fully saturated rings. The van der Waals surface area contributed by atoms with Crippen molar-refractivity contribution in [3.63, 3.8) is 0 Å². The summed E-state index contributed by atoms with van der Waals surface area (Å²) in [6.07, 6.45) is 0. The van der Waals surface area contributed by atoms with E-state index in [1.165, 1.54) is 0 Å². The van der Waals surface area contributed by atoms with Crippen LogP contribution in [0.5, 0.6) is 11.5 Å². The molecule has 0 bridgehead atoms. The number of phosphoric ester groups is 2. The van der Waals surface area contributed by atoms with Gasteiger partial charge in [0.15, 0.2) is 0 Å². The van der Waals surface area contributed by atoms with Gasteiger partial charge in [0.1, 0.15) is 11.5 Å². The Balaban J connectivity index is 0.000000882. The van der Waals surface area contributed by atoms with Gasteiger partial charge >= 0.3 is 17.1 Å². The molecule has 2 rings (SSSR count). The molecule has 0 aromatic heterocycles. The molecule has 1 radical (unpaired) electrons. The predicted octanol–water partition coefficient (Wildman–Crippen LogP) is 8.01. The molecule has 2 N–H and O–H groups in total. The van der Waals surface area contributed by atoms with Gasteiger partial charge < -0.3 is 38.1 Å². The number of rotatable bonds is 10. The SMILES string of the molecule is CCOP(=O)([O-])OCc1cc(C(C)(C)C)c(O)c(C(C)(C)C)c1.CCOP(=O)([O-])OCc1cc(C(C)(C)C)c(O)c(C(C)(C)C)c1.[Mn+2]. The molecule has 10 nitrogen and oxygen atoms in total. The summed E-state index contributed by atoms with van der Waals surface area (Å²) in [4.78, 5) is 23.1. The third-order valence-electron chi connectivity index (χ3n) is 6.92. The van der Waals surface area contributed by atoms with Gasteiger partial charge in [0, 0.05) is 0 Å². The van der Waals surface area contributed by atoms with E-state index in [2.05, 4.69) is 9.05 Å². The van der Waals surface area contributed by atoms with Crippen molar-refractivity contribution in [2.45, 2.75) is 132 Å². The van der Waals surface area contributed by atoms with E-state index in [0.29, 0.717) is 11.1 Å². The quantitative estimate of drug-likeness (QED) is 0.181. The topological polar surface area (TPSA) is 158 Å². The number of phenols is 2. The normalized spacial score (nSPS) is 15.1. The van der Waals surface area contributed by atoms with Crippen LogP contribution < -0.4 is 9.79 Å². The van der Waals surface area contributed by atoms with Crippen molar-refractivity contribution >= 4 is 15.6 Å². The van der Waals surface area contributed by atoms with Crippen LogP contribution in [0.2, 0.25) is 0 Å². The Morgan fingerprint density at radius 2 is 0.745 bits per heavy atom. The van der Waals surface area contributed by atoms with E-state index < -0.39 is 15.6 Å². The summed E-state index contributed by atoms with van der Waals surface area (Å²) in [6, 6.07) is 7.15. The number of phenolic OH excluding ortho intramolecular Hbond substituents is 2. The molecular formula is C34H56MnO10P2. The van der Waals surface area contributed by atoms with Crippen molar-refractivity contribution in [2.75, 3.05) is 13.2 Å². The van der Waals surface area contributed by atoms with Crippen molar-refractivity contribution in [1.29, 1.82) is 0 Å². The average Bonchev–Trinajstić information content (AvgIpc) is 2.85. The standard InChI is InChI=1S/2C17H29O5P.Mn/c2*1-8-21-23(19,20)22-11-12-9-13(16(2,3)4)15(18)14(10-12)17(5,6)7;/h2*9-10,18H,8,11H2,1-7H3,(H,19,20);/q;;+2/p-2. The fourth-order valence-corrected chi connectivity index (χ4v) is 5.94. The fourth-order valence-electron chi connectivity index (χ4n) is 4.54. The van der Waals surface area contributed by atoms with Crippen LogP contribution >= 0.6 is 15.6 Å². The number of phosphoric acid groups is 2. The molecule has 0 spiro atoms. The molecule has 0 saturated carbocycles. The van der Waals surface area contributed by atoms with Crippen LogP contribution in [0.25, 0.3) is 0 Å². The second-order valence-corrected chi connectivity index (χ2v) is 18.2. The van der Waals surface area contributed by atoms with Gasteiger partial charge in [-0.2, -0.15) is 0 Å². The maximum atomic E-state index is 11.6. The predicted molar refractivity (Wildman–Crippen MR) is 179 cm³/mol. The number of benzene rings is 2. The summed E-state index contributed by atoms with van der Waals surface area (Å²) in [5.41, 5.74) is 3.33. The first-order valence-electron chi connectivity index (χ1n) is 15.5. The Morgan fingerprint density at radius 3 is 0.915 bits per heavy atom. The van der Waals surface area contributed by atoms with Crippen molar-refractivity contribution in [3.05, 3.63) is 57.6 Å². The first-order chi connectivity index (χ1) is 20.6. The summed E-state index contributed by atoms with van der Waals surface area (Å²) in [5, 5.41) is 21.2. The zero-order chi connectivity index (χ0) is 36.1. The monoisotopic (exact) mass is 741 g/mol. The second kappa shape index (κ2) is 17.1. The van der Waals surface area contributed by atoms with E-state index in [4.69, 9.17) is 9.05 Å². The Hall–Kier alpha value is -1.22. The minimum Gasteiger partial charge on any atom is -0.756 e. The molecule has 0 aliphatic heterocycles. The van der Waals surface area contributed by atoms with Crippen molar-refractivity contribution in [3.8, 4) is 11.5 Å². The van der Waals surface area contributed by atoms with E-state index in [1.54, 1.807) is 38.1 Å². The van der Waals surface area contributed by atoms with Crippen molar-refractivity contribution < 1.29 is 64.3 Å². The first-order valence-corrected chi connectivity index (χ1v) is 18.4. The Bertz CT molecular complexity index is 1240. The van der Waals surface area contributed by atoms with Crippen LogP contribution in [0, 0.1) is 0 Å². The molecule has 0 amide bonds. The smallest absolute Gasteiger partial charge is 0.756 e. The van der Waals surface area contributed by atoms with Gasteiger partial charge in [-0.1, -0.05) is 83.1 Å². The zero-order valence-electron chi connectivity index (χ0n) is 30.6. The molecule has 2 aromatic rings. The van der Waals surface area contributed by atoms with Gasteiger partial charge in [0.2, 0.25) is 0 Å². The number of hydrogen-bond donors (Lipinski definition) is 2.